The van der Waals surface area contributed by atoms with Gasteiger partial charge < -0.3 is 24.1 Å². The molecule has 2 aromatic heterocycles. The molecule has 3 rings (SSSR count). The van der Waals surface area contributed by atoms with Crippen molar-refractivity contribution in [2.75, 3.05) is 12.1 Å². The first kappa shape index (κ1) is 23.6. The third-order valence-electron chi connectivity index (χ3n) is 4.15. The third kappa shape index (κ3) is 6.24. The zero-order valence-electron chi connectivity index (χ0n) is 18.0. The van der Waals surface area contributed by atoms with E-state index >= 15 is 0 Å². The Morgan fingerprint density at radius 1 is 1.10 bits per heavy atom. The molecule has 0 atom stereocenters. The summed E-state index contributed by atoms with van der Waals surface area (Å²) in [6, 6.07) is 7.77. The number of hydrogen-bond donors (Lipinski definition) is 1. The molecular formula is C20H27ClN5O4P. The molecule has 0 radical (unpaired) electrons. The summed E-state index contributed by atoms with van der Waals surface area (Å²) >= 11 is 6.12. The summed E-state index contributed by atoms with van der Waals surface area (Å²) in [6.45, 7) is 7.96. The standard InChI is InChI=1S/C20H27ClN5O4P/c1-13(2)29-31(27,30-14(3)4)12-28-10-16-8-6-5-7-15(16)9-26-11-23-17-18(21)24-20(22)25-19(17)26/h5-8,11,13-14H,9-10,12H2,1-4H3,(H2,22,24,25). The van der Waals surface area contributed by atoms with Crippen molar-refractivity contribution in [2.24, 2.45) is 0 Å². The van der Waals surface area contributed by atoms with E-state index < -0.39 is 7.60 Å². The fraction of sp³-hybridized carbons (Fsp3) is 0.450. The van der Waals surface area contributed by atoms with Crippen LogP contribution in [0.5, 0.6) is 0 Å². The fourth-order valence-corrected chi connectivity index (χ4v) is 5.06. The van der Waals surface area contributed by atoms with Gasteiger partial charge in [-0.15, -0.1) is 0 Å². The van der Waals surface area contributed by atoms with Gasteiger partial charge in [-0.05, 0) is 38.8 Å². The number of anilines is 1. The van der Waals surface area contributed by atoms with E-state index in [1.165, 1.54) is 0 Å². The van der Waals surface area contributed by atoms with Crippen molar-refractivity contribution in [1.29, 1.82) is 0 Å². The third-order valence-corrected chi connectivity index (χ3v) is 6.40. The molecule has 0 spiro atoms. The van der Waals surface area contributed by atoms with Crippen LogP contribution in [0.15, 0.2) is 30.6 Å². The van der Waals surface area contributed by atoms with Crippen molar-refractivity contribution in [3.8, 4) is 0 Å². The van der Waals surface area contributed by atoms with E-state index in [2.05, 4.69) is 15.0 Å². The number of hydrogen-bond acceptors (Lipinski definition) is 8. The summed E-state index contributed by atoms with van der Waals surface area (Å²) in [5.74, 6) is 0.0851. The van der Waals surface area contributed by atoms with Crippen LogP contribution in [0, 0.1) is 0 Å². The fourth-order valence-electron chi connectivity index (χ4n) is 3.07. The second-order valence-corrected chi connectivity index (χ2v) is 9.84. The van der Waals surface area contributed by atoms with Gasteiger partial charge in [-0.2, -0.15) is 9.97 Å². The number of imidazole rings is 1. The molecule has 2 N–H and O–H groups in total. The molecule has 0 fully saturated rings. The first-order valence-corrected chi connectivity index (χ1v) is 12.0. The topological polar surface area (TPSA) is 114 Å². The Hall–Kier alpha value is -2.03. The molecule has 0 aliphatic heterocycles. The molecular weight excluding hydrogens is 441 g/mol. The second kappa shape index (κ2) is 10.1. The molecule has 0 unspecified atom stereocenters. The molecule has 11 heteroatoms. The molecule has 31 heavy (non-hydrogen) atoms. The lowest BCUT2D eigenvalue weighted by Crippen LogP contribution is -2.12. The van der Waals surface area contributed by atoms with Crippen molar-refractivity contribution in [2.45, 2.75) is 53.1 Å². The van der Waals surface area contributed by atoms with Crippen LogP contribution >= 0.6 is 19.2 Å². The summed E-state index contributed by atoms with van der Waals surface area (Å²) in [7, 11) is -3.37. The van der Waals surface area contributed by atoms with Crippen molar-refractivity contribution in [3.63, 3.8) is 0 Å². The molecule has 1 aromatic carbocycles. The Morgan fingerprint density at radius 2 is 1.74 bits per heavy atom. The highest BCUT2D eigenvalue weighted by Crippen LogP contribution is 2.50. The maximum atomic E-state index is 13.0. The Balaban J connectivity index is 1.75. The van der Waals surface area contributed by atoms with Gasteiger partial charge in [-0.1, -0.05) is 35.9 Å². The monoisotopic (exact) mass is 467 g/mol. The lowest BCUT2D eigenvalue weighted by atomic mass is 10.1. The van der Waals surface area contributed by atoms with Crippen LogP contribution in [0.4, 0.5) is 5.95 Å². The summed E-state index contributed by atoms with van der Waals surface area (Å²) < 4.78 is 31.6. The minimum absolute atomic E-state index is 0.0851. The zero-order valence-corrected chi connectivity index (χ0v) is 19.6. The van der Waals surface area contributed by atoms with E-state index in [1.54, 1.807) is 6.33 Å². The Kier molecular flexibility index (Phi) is 7.67. The second-order valence-electron chi connectivity index (χ2n) is 7.58. The normalized spacial score (nSPS) is 12.4. The molecule has 0 aliphatic rings. The van der Waals surface area contributed by atoms with Gasteiger partial charge in [-0.3, -0.25) is 4.57 Å². The van der Waals surface area contributed by atoms with Crippen molar-refractivity contribution >= 4 is 36.3 Å². The molecule has 0 bridgehead atoms. The van der Waals surface area contributed by atoms with Crippen molar-refractivity contribution < 1.29 is 18.3 Å². The summed E-state index contributed by atoms with van der Waals surface area (Å²) in [4.78, 5) is 12.5. The number of aromatic nitrogens is 4. The average Bonchev–Trinajstić information content (AvgIpc) is 3.04. The number of benzene rings is 1. The van der Waals surface area contributed by atoms with Crippen LogP contribution in [-0.4, -0.2) is 38.1 Å². The minimum atomic E-state index is -3.37. The van der Waals surface area contributed by atoms with Crippen LogP contribution < -0.4 is 5.73 Å². The molecule has 9 nitrogen and oxygen atoms in total. The van der Waals surface area contributed by atoms with E-state index in [1.807, 2.05) is 56.5 Å². The SMILES string of the molecule is CC(C)OP(=O)(COCc1ccccc1Cn1cnc2c(Cl)nc(N)nc21)OC(C)C. The number of ether oxygens (including phenoxy) is 1. The van der Waals surface area contributed by atoms with Crippen molar-refractivity contribution in [1.82, 2.24) is 19.5 Å². The van der Waals surface area contributed by atoms with Crippen LogP contribution in [0.2, 0.25) is 5.15 Å². The highest BCUT2D eigenvalue weighted by molar-refractivity contribution is 7.53. The molecule has 168 valence electrons. The summed E-state index contributed by atoms with van der Waals surface area (Å²) in [5, 5.41) is 0.212. The first-order valence-electron chi connectivity index (χ1n) is 9.91. The van der Waals surface area contributed by atoms with Gasteiger partial charge in [0.15, 0.2) is 10.8 Å². The van der Waals surface area contributed by atoms with Gasteiger partial charge in [0.2, 0.25) is 5.95 Å². The molecule has 0 aliphatic carbocycles. The van der Waals surface area contributed by atoms with Gasteiger partial charge in [0.05, 0.1) is 31.7 Å². The predicted octanol–water partition coefficient (Wildman–Crippen LogP) is 4.63. The number of rotatable bonds is 10. The maximum absolute atomic E-state index is 13.0. The first-order chi connectivity index (χ1) is 14.7. The van der Waals surface area contributed by atoms with Crippen LogP contribution in [0.3, 0.4) is 0 Å². The summed E-state index contributed by atoms with van der Waals surface area (Å²) in [5.41, 5.74) is 8.69. The van der Waals surface area contributed by atoms with Crippen LogP contribution in [-0.2, 0) is 31.5 Å². The van der Waals surface area contributed by atoms with Gasteiger partial charge in [-0.25, -0.2) is 4.98 Å². The summed E-state index contributed by atoms with van der Waals surface area (Å²) in [6.07, 6.45) is 1.03. The number of nitrogen functional groups attached to an aromatic ring is 1. The Bertz CT molecular complexity index is 1070. The van der Waals surface area contributed by atoms with Crippen molar-refractivity contribution in [3.05, 3.63) is 46.9 Å². The van der Waals surface area contributed by atoms with Gasteiger partial charge in [0, 0.05) is 0 Å². The van der Waals surface area contributed by atoms with Gasteiger partial charge >= 0.3 is 7.60 Å². The minimum Gasteiger partial charge on any atom is -0.368 e. The predicted molar refractivity (Wildman–Crippen MR) is 120 cm³/mol. The number of fused-ring (bicyclic) bond motifs is 1. The van der Waals surface area contributed by atoms with E-state index in [-0.39, 0.29) is 36.3 Å². The van der Waals surface area contributed by atoms with E-state index in [0.29, 0.717) is 17.7 Å². The van der Waals surface area contributed by atoms with Gasteiger partial charge in [0.25, 0.3) is 0 Å². The van der Waals surface area contributed by atoms with E-state index in [0.717, 1.165) is 11.1 Å². The maximum Gasteiger partial charge on any atom is 0.356 e. The molecule has 3 aromatic rings. The Morgan fingerprint density at radius 3 is 2.39 bits per heavy atom. The average molecular weight is 468 g/mol. The lowest BCUT2D eigenvalue weighted by Gasteiger charge is -2.22. The zero-order chi connectivity index (χ0) is 22.6. The smallest absolute Gasteiger partial charge is 0.356 e. The highest BCUT2D eigenvalue weighted by atomic mass is 35.5. The van der Waals surface area contributed by atoms with E-state index in [9.17, 15) is 4.57 Å². The number of nitrogens with zero attached hydrogens (tertiary/aromatic N) is 4. The van der Waals surface area contributed by atoms with Crippen LogP contribution in [0.1, 0.15) is 38.8 Å². The number of nitrogens with two attached hydrogens (primary N) is 1. The van der Waals surface area contributed by atoms with Gasteiger partial charge in [0.1, 0.15) is 11.9 Å². The largest absolute Gasteiger partial charge is 0.368 e. The lowest BCUT2D eigenvalue weighted by molar-refractivity contribution is 0.0929. The molecule has 0 saturated heterocycles. The quantitative estimate of drug-likeness (QED) is 0.339. The highest BCUT2D eigenvalue weighted by Gasteiger charge is 2.28. The van der Waals surface area contributed by atoms with E-state index in [4.69, 9.17) is 31.1 Å². The molecule has 2 heterocycles. The molecule has 0 saturated carbocycles. The van der Waals surface area contributed by atoms with Crippen LogP contribution in [0.25, 0.3) is 11.2 Å². The Labute approximate surface area is 186 Å². The molecule has 0 amide bonds. The number of halogens is 1.